The largest absolute Gasteiger partial charge is 0.392 e. The third kappa shape index (κ3) is 3.85. The number of benzene rings is 1. The highest BCUT2D eigenvalue weighted by molar-refractivity contribution is 5.35. The van der Waals surface area contributed by atoms with E-state index >= 15 is 0 Å². The zero-order valence-electron chi connectivity index (χ0n) is 16.1. The Morgan fingerprint density at radius 2 is 2.04 bits per heavy atom. The van der Waals surface area contributed by atoms with Crippen LogP contribution in [-0.2, 0) is 0 Å². The van der Waals surface area contributed by atoms with E-state index in [1.807, 2.05) is 12.2 Å². The molecule has 3 unspecified atom stereocenters. The van der Waals surface area contributed by atoms with Gasteiger partial charge in [0.2, 0.25) is 0 Å². The summed E-state index contributed by atoms with van der Waals surface area (Å²) in [5.74, 6) is 0. The van der Waals surface area contributed by atoms with Crippen LogP contribution in [0.15, 0.2) is 66.8 Å². The normalized spacial score (nSPS) is 29.5. The first kappa shape index (κ1) is 19.1. The van der Waals surface area contributed by atoms with Crippen LogP contribution in [0.1, 0.15) is 31.4 Å². The number of hydrogen-bond donors (Lipinski definition) is 1. The molecule has 0 radical (unpaired) electrons. The quantitative estimate of drug-likeness (QED) is 0.817. The highest BCUT2D eigenvalue weighted by Gasteiger charge is 2.48. The smallest absolute Gasteiger partial charge is 0.0633 e. The zero-order valence-corrected chi connectivity index (χ0v) is 16.1. The third-order valence-corrected chi connectivity index (χ3v) is 6.05. The van der Waals surface area contributed by atoms with Crippen LogP contribution in [0.3, 0.4) is 0 Å². The average Bonchev–Trinajstić information content (AvgIpc) is 3.07. The molecule has 140 valence electrons. The van der Waals surface area contributed by atoms with Gasteiger partial charge in [-0.1, -0.05) is 61.2 Å². The van der Waals surface area contributed by atoms with Gasteiger partial charge in [-0.3, -0.25) is 4.90 Å². The van der Waals surface area contributed by atoms with Gasteiger partial charge in [0, 0.05) is 25.0 Å². The van der Waals surface area contributed by atoms with Crippen molar-refractivity contribution >= 4 is 0 Å². The maximum Gasteiger partial charge on any atom is 0.0633 e. The van der Waals surface area contributed by atoms with E-state index in [-0.39, 0.29) is 17.6 Å². The molecule has 26 heavy (non-hydrogen) atoms. The minimum Gasteiger partial charge on any atom is -0.392 e. The monoisotopic (exact) mass is 352 g/mol. The van der Waals surface area contributed by atoms with Crippen LogP contribution in [0.2, 0.25) is 0 Å². The van der Waals surface area contributed by atoms with Gasteiger partial charge in [0.05, 0.1) is 12.1 Å². The molecule has 3 rings (SSSR count). The maximum absolute atomic E-state index is 10.8. The van der Waals surface area contributed by atoms with Crippen LogP contribution >= 0.6 is 0 Å². The van der Waals surface area contributed by atoms with Gasteiger partial charge >= 0.3 is 0 Å². The van der Waals surface area contributed by atoms with E-state index in [1.165, 1.54) is 11.1 Å². The molecule has 0 bridgehead atoms. The highest BCUT2D eigenvalue weighted by atomic mass is 16.3. The summed E-state index contributed by atoms with van der Waals surface area (Å²) in [5, 5.41) is 10.8. The van der Waals surface area contributed by atoms with Crippen LogP contribution in [0.5, 0.6) is 0 Å². The molecule has 2 fully saturated rings. The van der Waals surface area contributed by atoms with Crippen molar-refractivity contribution in [3.05, 3.63) is 72.4 Å². The molecule has 2 aliphatic rings. The maximum atomic E-state index is 10.8. The molecule has 0 aliphatic carbocycles. The summed E-state index contributed by atoms with van der Waals surface area (Å²) < 4.78 is 0. The molecule has 1 aromatic carbocycles. The van der Waals surface area contributed by atoms with E-state index in [2.05, 4.69) is 72.8 Å². The Morgan fingerprint density at radius 1 is 1.27 bits per heavy atom. The number of aliphatic hydroxyl groups excluding tert-OH is 1. The molecule has 1 spiro atoms. The number of rotatable bonds is 5. The van der Waals surface area contributed by atoms with Crippen LogP contribution in [0, 0.1) is 5.41 Å². The van der Waals surface area contributed by atoms with E-state index in [4.69, 9.17) is 0 Å². The molecular weight excluding hydrogens is 320 g/mol. The molecule has 3 nitrogen and oxygen atoms in total. The number of nitrogens with zero attached hydrogens (tertiary/aromatic N) is 2. The fourth-order valence-corrected chi connectivity index (χ4v) is 4.69. The van der Waals surface area contributed by atoms with Gasteiger partial charge in [0.25, 0.3) is 0 Å². The lowest BCUT2D eigenvalue weighted by molar-refractivity contribution is -0.0339. The van der Waals surface area contributed by atoms with Crippen molar-refractivity contribution < 1.29 is 5.11 Å². The van der Waals surface area contributed by atoms with Crippen LogP contribution in [-0.4, -0.2) is 54.2 Å². The van der Waals surface area contributed by atoms with E-state index in [9.17, 15) is 5.11 Å². The first-order valence-electron chi connectivity index (χ1n) is 9.70. The van der Waals surface area contributed by atoms with Gasteiger partial charge in [0.1, 0.15) is 0 Å². The van der Waals surface area contributed by atoms with Crippen LogP contribution < -0.4 is 0 Å². The summed E-state index contributed by atoms with van der Waals surface area (Å²) >= 11 is 0. The molecule has 0 aromatic heterocycles. The summed E-state index contributed by atoms with van der Waals surface area (Å²) in [7, 11) is 2.18. The van der Waals surface area contributed by atoms with E-state index in [0.29, 0.717) is 0 Å². The summed E-state index contributed by atoms with van der Waals surface area (Å²) in [6, 6.07) is 10.9. The van der Waals surface area contributed by atoms with Gasteiger partial charge in [-0.2, -0.15) is 0 Å². The average molecular weight is 353 g/mol. The van der Waals surface area contributed by atoms with Crippen molar-refractivity contribution in [1.82, 2.24) is 9.80 Å². The Kier molecular flexibility index (Phi) is 6.13. The number of hydrogen-bond acceptors (Lipinski definition) is 3. The van der Waals surface area contributed by atoms with Gasteiger partial charge in [-0.25, -0.2) is 0 Å². The number of piperidine rings is 1. The van der Waals surface area contributed by atoms with Crippen molar-refractivity contribution in [2.24, 2.45) is 5.41 Å². The predicted molar refractivity (Wildman–Crippen MR) is 109 cm³/mol. The van der Waals surface area contributed by atoms with Crippen molar-refractivity contribution in [3.63, 3.8) is 0 Å². The fourth-order valence-electron chi connectivity index (χ4n) is 4.69. The van der Waals surface area contributed by atoms with E-state index in [0.717, 1.165) is 39.0 Å². The van der Waals surface area contributed by atoms with Crippen LogP contribution in [0.4, 0.5) is 0 Å². The first-order chi connectivity index (χ1) is 12.6. The summed E-state index contributed by atoms with van der Waals surface area (Å²) in [4.78, 5) is 4.93. The molecule has 0 amide bonds. The number of likely N-dealkylation sites (tertiary alicyclic amines) is 2. The molecule has 2 heterocycles. The van der Waals surface area contributed by atoms with Gasteiger partial charge < -0.3 is 10.0 Å². The van der Waals surface area contributed by atoms with E-state index < -0.39 is 0 Å². The Labute approximate surface area is 158 Å². The fraction of sp³-hybridized carbons (Fsp3) is 0.478. The SMILES string of the molecule is C=C/C=C\C(=C/C)C(c1ccccc1)N1CCC2(CN(C)CCC2O)C1. The number of allylic oxidation sites excluding steroid dienone is 3. The third-order valence-electron chi connectivity index (χ3n) is 6.05. The van der Waals surface area contributed by atoms with Crippen molar-refractivity contribution in [2.75, 3.05) is 33.2 Å². The lowest BCUT2D eigenvalue weighted by Crippen LogP contribution is -2.52. The Balaban J connectivity index is 1.91. The molecular formula is C23H32N2O. The van der Waals surface area contributed by atoms with Gasteiger partial charge in [-0.05, 0) is 44.5 Å². The topological polar surface area (TPSA) is 26.7 Å². The Morgan fingerprint density at radius 3 is 2.73 bits per heavy atom. The minimum absolute atomic E-state index is 0.00102. The van der Waals surface area contributed by atoms with Gasteiger partial charge in [0.15, 0.2) is 0 Å². The molecule has 1 aromatic rings. The number of aliphatic hydroxyl groups is 1. The Bertz CT molecular complexity index is 666. The molecule has 3 heteroatoms. The molecule has 1 N–H and O–H groups in total. The second-order valence-corrected chi connectivity index (χ2v) is 7.82. The Hall–Kier alpha value is -1.68. The summed E-state index contributed by atoms with van der Waals surface area (Å²) in [6.45, 7) is 9.86. The van der Waals surface area contributed by atoms with Crippen LogP contribution in [0.25, 0.3) is 0 Å². The lowest BCUT2D eigenvalue weighted by atomic mass is 9.76. The van der Waals surface area contributed by atoms with Gasteiger partial charge in [-0.15, -0.1) is 0 Å². The molecule has 2 saturated heterocycles. The molecule has 0 saturated carbocycles. The van der Waals surface area contributed by atoms with Crippen molar-refractivity contribution in [3.8, 4) is 0 Å². The predicted octanol–water partition coefficient (Wildman–Crippen LogP) is 3.80. The summed E-state index contributed by atoms with van der Waals surface area (Å²) in [5.41, 5.74) is 2.60. The second-order valence-electron chi connectivity index (χ2n) is 7.82. The van der Waals surface area contributed by atoms with Crippen molar-refractivity contribution in [1.29, 1.82) is 0 Å². The second kappa shape index (κ2) is 8.34. The molecule has 2 aliphatic heterocycles. The molecule has 3 atom stereocenters. The van der Waals surface area contributed by atoms with E-state index in [1.54, 1.807) is 0 Å². The minimum atomic E-state index is -0.196. The highest BCUT2D eigenvalue weighted by Crippen LogP contribution is 2.43. The lowest BCUT2D eigenvalue weighted by Gasteiger charge is -2.43. The van der Waals surface area contributed by atoms with Crippen molar-refractivity contribution in [2.45, 2.75) is 31.9 Å². The zero-order chi connectivity index (χ0) is 18.6. The first-order valence-corrected chi connectivity index (χ1v) is 9.70. The summed E-state index contributed by atoms with van der Waals surface area (Å²) in [6.07, 6.45) is 9.96. The standard InChI is InChI=1S/C23H32N2O/c1-4-6-10-19(5-2)22(20-11-8-7-9-12-20)25-16-14-23(18-25)17-24(3)15-13-21(23)26/h4-12,21-22,26H,1,13-18H2,2-3H3/b10-6-,19-5+.